The number of nitrogens with zero attached hydrogens (tertiary/aromatic N) is 1. The Hall–Kier alpha value is -3.47. The lowest BCUT2D eigenvalue weighted by molar-refractivity contribution is 0.0964. The van der Waals surface area contributed by atoms with Gasteiger partial charge in [0.15, 0.2) is 0 Å². The molecule has 3 N–H and O–H groups in total. The van der Waals surface area contributed by atoms with Gasteiger partial charge in [-0.25, -0.2) is 17.8 Å². The van der Waals surface area contributed by atoms with Crippen molar-refractivity contribution < 1.29 is 27.1 Å². The van der Waals surface area contributed by atoms with E-state index in [4.69, 9.17) is 21.1 Å². The summed E-state index contributed by atoms with van der Waals surface area (Å²) in [5.41, 5.74) is 2.75. The highest BCUT2D eigenvalue weighted by Crippen LogP contribution is 2.40. The first kappa shape index (κ1) is 27.6. The lowest BCUT2D eigenvalue weighted by atomic mass is 10.0. The smallest absolute Gasteiger partial charge is 0.255 e. The summed E-state index contributed by atoms with van der Waals surface area (Å²) in [7, 11) is -2.20. The van der Waals surface area contributed by atoms with Crippen molar-refractivity contribution in [3.8, 4) is 22.6 Å². The van der Waals surface area contributed by atoms with Crippen molar-refractivity contribution in [2.45, 2.75) is 26.2 Å². The van der Waals surface area contributed by atoms with E-state index in [1.807, 2.05) is 6.07 Å². The molecule has 8 nitrogen and oxygen atoms in total. The van der Waals surface area contributed by atoms with Crippen LogP contribution in [0.2, 0.25) is 5.15 Å². The molecular weight excluding hydrogens is 533 g/mol. The van der Waals surface area contributed by atoms with Gasteiger partial charge in [-0.2, -0.15) is 0 Å². The Morgan fingerprint density at radius 3 is 2.50 bits per heavy atom. The largest absolute Gasteiger partial charge is 0.455 e. The van der Waals surface area contributed by atoms with Gasteiger partial charge in [0, 0.05) is 36.2 Å². The molecule has 0 saturated heterocycles. The number of amides is 1. The van der Waals surface area contributed by atoms with E-state index in [0.29, 0.717) is 35.0 Å². The lowest BCUT2D eigenvalue weighted by Crippen LogP contribution is -2.18. The molecule has 4 rings (SSSR count). The molecule has 0 spiro atoms. The van der Waals surface area contributed by atoms with Crippen LogP contribution < -0.4 is 10.0 Å². The first-order valence-corrected chi connectivity index (χ1v) is 14.1. The number of aryl methyl sites for hydroxylation is 1. The fourth-order valence-corrected chi connectivity index (χ4v) is 4.96. The van der Waals surface area contributed by atoms with Crippen LogP contribution in [0.4, 0.5) is 10.1 Å². The van der Waals surface area contributed by atoms with Crippen LogP contribution in [0.5, 0.6) is 0 Å². The number of aliphatic hydroxyl groups is 1. The number of rotatable bonds is 10. The van der Waals surface area contributed by atoms with Crippen molar-refractivity contribution >= 4 is 44.2 Å². The van der Waals surface area contributed by atoms with Crippen LogP contribution >= 0.6 is 11.6 Å². The third kappa shape index (κ3) is 5.82. The minimum Gasteiger partial charge on any atom is -0.455 e. The number of anilines is 1. The van der Waals surface area contributed by atoms with Crippen LogP contribution in [0.25, 0.3) is 33.6 Å². The average Bonchev–Trinajstić information content (AvgIpc) is 3.27. The van der Waals surface area contributed by atoms with E-state index >= 15 is 0 Å². The number of aromatic nitrogens is 1. The lowest BCUT2D eigenvalue weighted by Gasteiger charge is -2.13. The van der Waals surface area contributed by atoms with Crippen molar-refractivity contribution in [2.24, 2.45) is 0 Å². The Kier molecular flexibility index (Phi) is 8.35. The number of carbonyl (C=O) groups excluding carboxylic acids is 1. The van der Waals surface area contributed by atoms with Crippen molar-refractivity contribution in [2.75, 3.05) is 24.1 Å². The average molecular weight is 560 g/mol. The molecule has 2 aromatic carbocycles. The number of unbranched alkanes of at least 4 members (excludes halogenated alkanes) is 1. The van der Waals surface area contributed by atoms with Gasteiger partial charge in [0.25, 0.3) is 5.91 Å². The topological polar surface area (TPSA) is 122 Å². The molecule has 0 aliphatic carbocycles. The van der Waals surface area contributed by atoms with E-state index in [2.05, 4.69) is 15.0 Å². The second-order valence-electron chi connectivity index (χ2n) is 8.62. The Morgan fingerprint density at radius 2 is 1.87 bits per heavy atom. The second kappa shape index (κ2) is 11.5. The van der Waals surface area contributed by atoms with E-state index in [-0.39, 0.29) is 40.1 Å². The van der Waals surface area contributed by atoms with Gasteiger partial charge in [-0.3, -0.25) is 9.52 Å². The minimum absolute atomic E-state index is 0.0857. The third-order valence-electron chi connectivity index (χ3n) is 6.09. The number of benzene rings is 2. The number of furan rings is 1. The molecule has 2 heterocycles. The van der Waals surface area contributed by atoms with Crippen molar-refractivity contribution in [1.29, 1.82) is 0 Å². The van der Waals surface area contributed by atoms with Crippen molar-refractivity contribution in [3.05, 3.63) is 70.6 Å². The summed E-state index contributed by atoms with van der Waals surface area (Å²) in [5, 5.41) is 12.3. The fraction of sp³-hybridized carbons (Fsp3) is 0.259. The molecule has 0 aliphatic rings. The Morgan fingerprint density at radius 1 is 1.13 bits per heavy atom. The zero-order valence-electron chi connectivity index (χ0n) is 20.8. The Labute approximate surface area is 224 Å². The molecule has 0 unspecified atom stereocenters. The minimum atomic E-state index is -3.68. The molecule has 4 aromatic rings. The number of carbonyl (C=O) groups is 1. The van der Waals surface area contributed by atoms with E-state index in [9.17, 15) is 17.6 Å². The maximum atomic E-state index is 13.6. The molecule has 0 bridgehead atoms. The zero-order valence-corrected chi connectivity index (χ0v) is 22.4. The Bertz CT molecular complexity index is 1590. The molecule has 0 aliphatic heterocycles. The van der Waals surface area contributed by atoms with Gasteiger partial charge in [-0.05, 0) is 68.1 Å². The molecule has 0 radical (unpaired) electrons. The summed E-state index contributed by atoms with van der Waals surface area (Å²) in [4.78, 5) is 17.5. The van der Waals surface area contributed by atoms with Gasteiger partial charge in [0.1, 0.15) is 22.3 Å². The number of halogens is 2. The van der Waals surface area contributed by atoms with E-state index in [1.165, 1.54) is 44.3 Å². The molecule has 0 atom stereocenters. The predicted octanol–water partition coefficient (Wildman–Crippen LogP) is 5.39. The van der Waals surface area contributed by atoms with Crippen LogP contribution in [0.1, 0.15) is 35.7 Å². The quantitative estimate of drug-likeness (QED) is 0.177. The van der Waals surface area contributed by atoms with Gasteiger partial charge < -0.3 is 14.8 Å². The highest BCUT2D eigenvalue weighted by Gasteiger charge is 2.25. The molecule has 1 amide bonds. The summed E-state index contributed by atoms with van der Waals surface area (Å²) >= 11 is 6.46. The summed E-state index contributed by atoms with van der Waals surface area (Å²) in [6.07, 6.45) is 2.00. The number of hydrogen-bond acceptors (Lipinski definition) is 6. The summed E-state index contributed by atoms with van der Waals surface area (Å²) in [6, 6.07) is 12.2. The van der Waals surface area contributed by atoms with Crippen LogP contribution in [0, 0.1) is 5.82 Å². The maximum Gasteiger partial charge on any atom is 0.255 e. The monoisotopic (exact) mass is 559 g/mol. The van der Waals surface area contributed by atoms with E-state index < -0.39 is 21.7 Å². The Balaban J connectivity index is 1.94. The number of fused-ring (bicyclic) bond motifs is 1. The van der Waals surface area contributed by atoms with Gasteiger partial charge in [0.05, 0.1) is 22.7 Å². The maximum absolute atomic E-state index is 13.6. The van der Waals surface area contributed by atoms with Crippen molar-refractivity contribution in [3.63, 3.8) is 0 Å². The SMILES string of the molecule is CCS(=O)(=O)Nc1cc2oc(-c3ccc(F)cc3)c(C(=O)NC)c2cc1-c1ccc(CCCCO)c(Cl)n1. The fourth-order valence-electron chi connectivity index (χ4n) is 4.06. The molecule has 0 fully saturated rings. The first-order chi connectivity index (χ1) is 18.2. The van der Waals surface area contributed by atoms with Gasteiger partial charge in [-0.1, -0.05) is 17.7 Å². The first-order valence-electron chi connectivity index (χ1n) is 12.0. The van der Waals surface area contributed by atoms with E-state index in [1.54, 1.807) is 12.1 Å². The van der Waals surface area contributed by atoms with Crippen LogP contribution in [0.3, 0.4) is 0 Å². The number of pyridine rings is 1. The molecule has 11 heteroatoms. The molecule has 38 heavy (non-hydrogen) atoms. The van der Waals surface area contributed by atoms with Crippen LogP contribution in [0.15, 0.2) is 52.9 Å². The molecule has 0 saturated carbocycles. The van der Waals surface area contributed by atoms with Gasteiger partial charge >= 0.3 is 0 Å². The molecule has 2 aromatic heterocycles. The predicted molar refractivity (Wildman–Crippen MR) is 146 cm³/mol. The standard InChI is InChI=1S/C27H27ClFN3O5S/c1-3-38(35,36)32-22-15-23-20(14-19(22)21-12-9-17(26(28)31-21)6-4-5-13-33)24(27(34)30-2)25(37-23)16-7-10-18(29)11-8-16/h7-12,14-15,32-33H,3-6,13H2,1-2H3,(H,30,34). The number of aliphatic hydroxyl groups excluding tert-OH is 1. The summed E-state index contributed by atoms with van der Waals surface area (Å²) in [6.45, 7) is 1.60. The van der Waals surface area contributed by atoms with E-state index in [0.717, 1.165) is 12.0 Å². The zero-order chi connectivity index (χ0) is 27.4. The van der Waals surface area contributed by atoms with Gasteiger partial charge in [0.2, 0.25) is 10.0 Å². The number of sulfonamides is 1. The highest BCUT2D eigenvalue weighted by atomic mass is 35.5. The molecule has 200 valence electrons. The van der Waals surface area contributed by atoms with Crippen LogP contribution in [-0.4, -0.2) is 43.8 Å². The number of nitrogens with one attached hydrogen (secondary N) is 2. The highest BCUT2D eigenvalue weighted by molar-refractivity contribution is 7.92. The van der Waals surface area contributed by atoms with Crippen LogP contribution in [-0.2, 0) is 16.4 Å². The van der Waals surface area contributed by atoms with Gasteiger partial charge in [-0.15, -0.1) is 0 Å². The summed E-state index contributed by atoms with van der Waals surface area (Å²) in [5.74, 6) is -0.815. The summed E-state index contributed by atoms with van der Waals surface area (Å²) < 4.78 is 47.2. The second-order valence-corrected chi connectivity index (χ2v) is 11.0. The number of hydrogen-bond donors (Lipinski definition) is 3. The molecular formula is C27H27ClFN3O5S. The normalized spacial score (nSPS) is 11.6. The van der Waals surface area contributed by atoms with Crippen molar-refractivity contribution in [1.82, 2.24) is 10.3 Å². The third-order valence-corrected chi connectivity index (χ3v) is 7.71.